The second-order valence-corrected chi connectivity index (χ2v) is 7.23. The van der Waals surface area contributed by atoms with Crippen LogP contribution in [0.1, 0.15) is 21.5 Å². The summed E-state index contributed by atoms with van der Waals surface area (Å²) < 4.78 is 9.70. The van der Waals surface area contributed by atoms with Crippen molar-refractivity contribution in [2.45, 2.75) is 0 Å². The number of benzene rings is 2. The van der Waals surface area contributed by atoms with Crippen LogP contribution in [0.3, 0.4) is 0 Å². The standard InChI is InChI=1S/C18H12N5.C9H10O4.Cu.2H2O/c1-2-8-14-13(7-1)17(21-15-9-3-5-11-19-15)23-18(14)22-16-10-4-6-12-20-16;1-12-6-4-3-5-7(13-2)8(6)9(10)11;;;/h1-12H;3-5H,1-2H3,(H,10,11);;2*1H2/q-1;;+2;;/p-1. The molecule has 205 valence electrons. The zero-order valence-electron chi connectivity index (χ0n) is 20.8. The quantitative estimate of drug-likeness (QED) is 0.327. The Morgan fingerprint density at radius 2 is 1.15 bits per heavy atom. The van der Waals surface area contributed by atoms with Gasteiger partial charge in [0, 0.05) is 24.1 Å². The van der Waals surface area contributed by atoms with Crippen LogP contribution in [0.25, 0.3) is 5.32 Å². The van der Waals surface area contributed by atoms with Gasteiger partial charge in [0.15, 0.2) is 0 Å². The molecule has 4 aromatic rings. The number of hydrogen-bond donors (Lipinski definition) is 0. The summed E-state index contributed by atoms with van der Waals surface area (Å²) in [4.78, 5) is 28.2. The third-order valence-corrected chi connectivity index (χ3v) is 4.99. The van der Waals surface area contributed by atoms with E-state index in [2.05, 4.69) is 25.3 Å². The maximum atomic E-state index is 10.7. The van der Waals surface area contributed by atoms with Gasteiger partial charge < -0.3 is 45.6 Å². The minimum absolute atomic E-state index is 0. The van der Waals surface area contributed by atoms with Gasteiger partial charge in [-0.05, 0) is 47.5 Å². The van der Waals surface area contributed by atoms with Crippen LogP contribution in [0.4, 0.5) is 11.6 Å². The van der Waals surface area contributed by atoms with E-state index in [-0.39, 0.29) is 45.1 Å². The SMILES string of the molecule is COc1cccc(OC)c1C(=O)[O-].O.O.[Cu+2].c1ccc(/N=C2\[N-]/C(=N\c3ccccn3)c3ccccc32)nc1. The summed E-state index contributed by atoms with van der Waals surface area (Å²) in [6.45, 7) is 0. The molecule has 3 heterocycles. The largest absolute Gasteiger partial charge is 2.00 e. The first-order valence-corrected chi connectivity index (χ1v) is 10.8. The molecule has 4 N–H and O–H groups in total. The van der Waals surface area contributed by atoms with Crippen molar-refractivity contribution in [1.29, 1.82) is 0 Å². The Labute approximate surface area is 235 Å². The van der Waals surface area contributed by atoms with Crippen LogP contribution in [0, 0.1) is 0 Å². The number of aromatic carboxylic acids is 1. The first kappa shape index (κ1) is 32.4. The number of pyridine rings is 2. The van der Waals surface area contributed by atoms with Crippen molar-refractivity contribution in [1.82, 2.24) is 9.97 Å². The fraction of sp³-hybridized carbons (Fsp3) is 0.0741. The summed E-state index contributed by atoms with van der Waals surface area (Å²) in [5.74, 6) is 1.65. The van der Waals surface area contributed by atoms with Crippen LogP contribution in [0.2, 0.25) is 0 Å². The number of aliphatic imine (C=N–C) groups is 2. The smallest absolute Gasteiger partial charge is 0.545 e. The number of fused-ring (bicyclic) bond motifs is 1. The Balaban J connectivity index is 0.000000414. The molecule has 2 aromatic heterocycles. The molecule has 0 atom stereocenters. The van der Waals surface area contributed by atoms with Gasteiger partial charge in [0.2, 0.25) is 0 Å². The zero-order chi connectivity index (χ0) is 25.3. The first-order valence-electron chi connectivity index (χ1n) is 10.8. The van der Waals surface area contributed by atoms with Crippen LogP contribution in [0.5, 0.6) is 11.5 Å². The van der Waals surface area contributed by atoms with Crippen molar-refractivity contribution in [2.24, 2.45) is 9.98 Å². The van der Waals surface area contributed by atoms with Crippen LogP contribution in [0.15, 0.2) is 101 Å². The molecule has 0 aliphatic carbocycles. The van der Waals surface area contributed by atoms with Gasteiger partial charge in [0.25, 0.3) is 0 Å². The summed E-state index contributed by atoms with van der Waals surface area (Å²) in [7, 11) is 2.78. The summed E-state index contributed by atoms with van der Waals surface area (Å²) >= 11 is 0. The van der Waals surface area contributed by atoms with E-state index in [1.54, 1.807) is 18.5 Å². The van der Waals surface area contributed by atoms with E-state index in [0.29, 0.717) is 23.3 Å². The van der Waals surface area contributed by atoms with E-state index in [1.807, 2.05) is 60.7 Å². The topological polar surface area (TPSA) is 186 Å². The number of rotatable bonds is 5. The number of carbonyl (C=O) groups excluding carboxylic acids is 1. The van der Waals surface area contributed by atoms with Gasteiger partial charge in [-0.3, -0.25) is 9.97 Å². The minimum atomic E-state index is -1.31. The predicted molar refractivity (Wildman–Crippen MR) is 142 cm³/mol. The van der Waals surface area contributed by atoms with E-state index < -0.39 is 5.97 Å². The first-order chi connectivity index (χ1) is 17.6. The molecule has 0 saturated heterocycles. The second kappa shape index (κ2) is 15.6. The average Bonchev–Trinajstić information content (AvgIpc) is 3.26. The van der Waals surface area contributed by atoms with Gasteiger partial charge in [0.05, 0.1) is 37.4 Å². The second-order valence-electron chi connectivity index (χ2n) is 7.23. The number of aromatic nitrogens is 2. The van der Waals surface area contributed by atoms with E-state index in [0.717, 1.165) is 11.1 Å². The molecule has 1 radical (unpaired) electrons. The summed E-state index contributed by atoms with van der Waals surface area (Å²) in [6.07, 6.45) is 3.42. The monoisotopic (exact) mass is 578 g/mol. The van der Waals surface area contributed by atoms with Crippen LogP contribution >= 0.6 is 0 Å². The Kier molecular flexibility index (Phi) is 13.0. The van der Waals surface area contributed by atoms with Crippen LogP contribution in [-0.2, 0) is 17.1 Å². The number of ether oxygens (including phenoxy) is 2. The maximum Gasteiger partial charge on any atom is 2.00 e. The summed E-state index contributed by atoms with van der Waals surface area (Å²) in [5, 5.41) is 15.3. The molecule has 0 bridgehead atoms. The van der Waals surface area contributed by atoms with E-state index in [9.17, 15) is 9.90 Å². The normalized spacial score (nSPS) is 12.8. The Hall–Kier alpha value is -4.61. The molecule has 11 nitrogen and oxygen atoms in total. The third kappa shape index (κ3) is 7.94. The minimum Gasteiger partial charge on any atom is -0.545 e. The molecule has 0 amide bonds. The predicted octanol–water partition coefficient (Wildman–Crippen LogP) is 2.44. The molecule has 5 rings (SSSR count). The van der Waals surface area contributed by atoms with Crippen molar-refractivity contribution < 1.29 is 47.4 Å². The van der Waals surface area contributed by atoms with Crippen LogP contribution in [-0.4, -0.2) is 52.8 Å². The Bertz CT molecular complexity index is 1320. The molecular formula is C27H25CuN5O6. The number of methoxy groups -OCH3 is 2. The van der Waals surface area contributed by atoms with E-state index in [4.69, 9.17) is 9.47 Å². The van der Waals surface area contributed by atoms with Crippen molar-refractivity contribution in [2.75, 3.05) is 14.2 Å². The molecule has 0 saturated carbocycles. The number of hydrogen-bond acceptors (Lipinski definition) is 8. The Morgan fingerprint density at radius 1 is 0.718 bits per heavy atom. The molecule has 1 aliphatic rings. The zero-order valence-corrected chi connectivity index (χ0v) is 21.8. The molecule has 1 aliphatic heterocycles. The van der Waals surface area contributed by atoms with Gasteiger partial charge in [-0.25, -0.2) is 0 Å². The molecular weight excluding hydrogens is 554 g/mol. The van der Waals surface area contributed by atoms with Crippen molar-refractivity contribution in [3.05, 3.63) is 113 Å². The van der Waals surface area contributed by atoms with Crippen molar-refractivity contribution in [3.8, 4) is 11.5 Å². The molecule has 39 heavy (non-hydrogen) atoms. The van der Waals surface area contributed by atoms with Gasteiger partial charge in [-0.15, -0.1) is 0 Å². The number of carboxylic acid groups (broad SMARTS) is 1. The fourth-order valence-electron chi connectivity index (χ4n) is 3.37. The van der Waals surface area contributed by atoms with E-state index in [1.165, 1.54) is 26.4 Å². The molecule has 0 unspecified atom stereocenters. The van der Waals surface area contributed by atoms with Gasteiger partial charge in [0.1, 0.15) is 11.5 Å². The molecule has 0 spiro atoms. The summed E-state index contributed by atoms with van der Waals surface area (Å²) in [6, 6.07) is 23.8. The van der Waals surface area contributed by atoms with E-state index >= 15 is 0 Å². The molecule has 0 fully saturated rings. The van der Waals surface area contributed by atoms with Crippen molar-refractivity contribution >= 4 is 29.3 Å². The average molecular weight is 579 g/mol. The maximum absolute atomic E-state index is 10.7. The number of nitrogens with zero attached hydrogens (tertiary/aromatic N) is 5. The van der Waals surface area contributed by atoms with Gasteiger partial charge in [-0.2, -0.15) is 0 Å². The summed E-state index contributed by atoms with van der Waals surface area (Å²) in [5.41, 5.74) is 1.84. The molecule has 2 aromatic carbocycles. The number of carbonyl (C=O) groups is 1. The van der Waals surface area contributed by atoms with Gasteiger partial charge in [-0.1, -0.05) is 42.5 Å². The van der Waals surface area contributed by atoms with Gasteiger partial charge >= 0.3 is 17.1 Å². The number of carboxylic acids is 1. The number of amidine groups is 2. The molecule has 12 heteroatoms. The fourth-order valence-corrected chi connectivity index (χ4v) is 3.37. The van der Waals surface area contributed by atoms with Crippen molar-refractivity contribution in [3.63, 3.8) is 0 Å². The third-order valence-electron chi connectivity index (χ3n) is 4.99. The van der Waals surface area contributed by atoms with Crippen LogP contribution < -0.4 is 14.6 Å². The Morgan fingerprint density at radius 3 is 1.51 bits per heavy atom.